The minimum atomic E-state index is -0.997. The van der Waals surface area contributed by atoms with Gasteiger partial charge in [-0.3, -0.25) is 4.79 Å². The normalized spacial score (nSPS) is 12.2. The monoisotopic (exact) mass is 330 g/mol. The van der Waals surface area contributed by atoms with E-state index in [9.17, 15) is 14.3 Å². The Labute approximate surface area is 141 Å². The third-order valence-electron chi connectivity index (χ3n) is 3.72. The van der Waals surface area contributed by atoms with Crippen LogP contribution in [0, 0.1) is 5.82 Å². The van der Waals surface area contributed by atoms with Crippen molar-refractivity contribution >= 4 is 5.91 Å². The Balaban J connectivity index is 1.69. The smallest absolute Gasteiger partial charge is 0.223 e. The van der Waals surface area contributed by atoms with Gasteiger partial charge in [0.05, 0.1) is 12.5 Å². The van der Waals surface area contributed by atoms with E-state index < -0.39 is 11.9 Å². The molecule has 2 N–H and O–H groups in total. The van der Waals surface area contributed by atoms with Crippen molar-refractivity contribution in [1.82, 2.24) is 10.2 Å². The first-order valence-corrected chi connectivity index (χ1v) is 7.97. The number of likely N-dealkylation sites (N-methyl/N-ethyl adjacent to an activating group) is 1. The molecule has 1 unspecified atom stereocenters. The van der Waals surface area contributed by atoms with Gasteiger partial charge in [0.25, 0.3) is 0 Å². The molecular weight excluding hydrogens is 307 g/mol. The molecule has 0 heterocycles. The molecular formula is C19H23FN2O2. The number of nitrogens with zero attached hydrogens (tertiary/aromatic N) is 1. The van der Waals surface area contributed by atoms with E-state index in [1.54, 1.807) is 6.07 Å². The molecule has 1 atom stereocenters. The first kappa shape index (κ1) is 18.1. The van der Waals surface area contributed by atoms with E-state index in [1.807, 2.05) is 25.2 Å². The molecule has 2 aromatic rings. The van der Waals surface area contributed by atoms with Crippen molar-refractivity contribution in [3.05, 3.63) is 71.5 Å². The molecule has 0 aliphatic heterocycles. The number of nitrogens with one attached hydrogen (secondary N) is 1. The SMILES string of the molecule is CN(CCNC(=O)CC(O)c1cccc(F)c1)Cc1ccccc1. The largest absolute Gasteiger partial charge is 0.388 e. The minimum Gasteiger partial charge on any atom is -0.388 e. The Kier molecular flexibility index (Phi) is 6.90. The Morgan fingerprint density at radius 3 is 2.67 bits per heavy atom. The summed E-state index contributed by atoms with van der Waals surface area (Å²) in [5.74, 6) is -0.672. The van der Waals surface area contributed by atoms with Crippen LogP contribution in [-0.2, 0) is 11.3 Å². The number of benzene rings is 2. The first-order valence-electron chi connectivity index (χ1n) is 7.97. The number of aliphatic hydroxyl groups is 1. The highest BCUT2D eigenvalue weighted by Crippen LogP contribution is 2.17. The van der Waals surface area contributed by atoms with E-state index in [2.05, 4.69) is 22.3 Å². The number of aliphatic hydroxyl groups excluding tert-OH is 1. The van der Waals surface area contributed by atoms with Crippen molar-refractivity contribution in [2.24, 2.45) is 0 Å². The second-order valence-corrected chi connectivity index (χ2v) is 5.85. The number of rotatable bonds is 8. The lowest BCUT2D eigenvalue weighted by atomic mass is 10.1. The second kappa shape index (κ2) is 9.15. The standard InChI is InChI=1S/C19H23FN2O2/c1-22(14-15-6-3-2-4-7-15)11-10-21-19(24)13-18(23)16-8-5-9-17(20)12-16/h2-9,12,18,23H,10-11,13-14H2,1H3,(H,21,24). The fourth-order valence-electron chi connectivity index (χ4n) is 2.44. The van der Waals surface area contributed by atoms with Crippen molar-refractivity contribution < 1.29 is 14.3 Å². The van der Waals surface area contributed by atoms with Gasteiger partial charge in [-0.15, -0.1) is 0 Å². The fraction of sp³-hybridized carbons (Fsp3) is 0.316. The quantitative estimate of drug-likeness (QED) is 0.782. The third kappa shape index (κ3) is 6.10. The van der Waals surface area contributed by atoms with Gasteiger partial charge in [0.2, 0.25) is 5.91 Å². The molecule has 5 heteroatoms. The van der Waals surface area contributed by atoms with E-state index in [4.69, 9.17) is 0 Å². The second-order valence-electron chi connectivity index (χ2n) is 5.85. The molecule has 2 aromatic carbocycles. The summed E-state index contributed by atoms with van der Waals surface area (Å²) in [4.78, 5) is 14.0. The van der Waals surface area contributed by atoms with E-state index in [1.165, 1.54) is 23.8 Å². The Morgan fingerprint density at radius 2 is 1.96 bits per heavy atom. The molecule has 0 aliphatic carbocycles. The van der Waals surface area contributed by atoms with E-state index in [0.717, 1.165) is 6.54 Å². The lowest BCUT2D eigenvalue weighted by Gasteiger charge is -2.17. The molecule has 0 radical (unpaired) electrons. The van der Waals surface area contributed by atoms with Crippen LogP contribution >= 0.6 is 0 Å². The molecule has 128 valence electrons. The predicted molar refractivity (Wildman–Crippen MR) is 91.8 cm³/mol. The van der Waals surface area contributed by atoms with Gasteiger partial charge in [0.1, 0.15) is 5.82 Å². The summed E-state index contributed by atoms with van der Waals surface area (Å²) in [5, 5.41) is 12.8. The average molecular weight is 330 g/mol. The molecule has 0 aromatic heterocycles. The summed E-state index contributed by atoms with van der Waals surface area (Å²) in [5.41, 5.74) is 1.62. The average Bonchev–Trinajstić information content (AvgIpc) is 2.55. The zero-order valence-corrected chi connectivity index (χ0v) is 13.8. The lowest BCUT2D eigenvalue weighted by Crippen LogP contribution is -2.33. The van der Waals surface area contributed by atoms with Crippen LogP contribution in [0.3, 0.4) is 0 Å². The predicted octanol–water partition coefficient (Wildman–Crippen LogP) is 2.50. The van der Waals surface area contributed by atoms with E-state index in [0.29, 0.717) is 18.7 Å². The summed E-state index contributed by atoms with van der Waals surface area (Å²) >= 11 is 0. The number of carbonyl (C=O) groups is 1. The van der Waals surface area contributed by atoms with Gasteiger partial charge in [-0.05, 0) is 30.3 Å². The van der Waals surface area contributed by atoms with Crippen LogP contribution in [0.1, 0.15) is 23.7 Å². The maximum Gasteiger partial charge on any atom is 0.223 e. The van der Waals surface area contributed by atoms with Crippen LogP contribution in [0.2, 0.25) is 0 Å². The molecule has 24 heavy (non-hydrogen) atoms. The van der Waals surface area contributed by atoms with Gasteiger partial charge < -0.3 is 15.3 Å². The van der Waals surface area contributed by atoms with Crippen molar-refractivity contribution in [3.63, 3.8) is 0 Å². The van der Waals surface area contributed by atoms with Gasteiger partial charge in [-0.25, -0.2) is 4.39 Å². The number of hydrogen-bond donors (Lipinski definition) is 2. The summed E-state index contributed by atoms with van der Waals surface area (Å²) in [6.07, 6.45) is -1.07. The summed E-state index contributed by atoms with van der Waals surface area (Å²) < 4.78 is 13.1. The molecule has 0 bridgehead atoms. The van der Waals surface area contributed by atoms with E-state index >= 15 is 0 Å². The van der Waals surface area contributed by atoms with Crippen LogP contribution < -0.4 is 5.32 Å². The molecule has 1 amide bonds. The molecule has 0 aliphatic rings. The number of amides is 1. The van der Waals surface area contributed by atoms with Crippen LogP contribution in [-0.4, -0.2) is 36.1 Å². The van der Waals surface area contributed by atoms with Crippen LogP contribution in [0.25, 0.3) is 0 Å². The zero-order valence-electron chi connectivity index (χ0n) is 13.8. The van der Waals surface area contributed by atoms with Crippen molar-refractivity contribution in [2.75, 3.05) is 20.1 Å². The Hall–Kier alpha value is -2.24. The van der Waals surface area contributed by atoms with Gasteiger partial charge >= 0.3 is 0 Å². The first-order chi connectivity index (χ1) is 11.5. The Morgan fingerprint density at radius 1 is 1.21 bits per heavy atom. The lowest BCUT2D eigenvalue weighted by molar-refractivity contribution is -0.123. The summed E-state index contributed by atoms with van der Waals surface area (Å²) in [7, 11) is 1.99. The van der Waals surface area contributed by atoms with Crippen LogP contribution in [0.4, 0.5) is 4.39 Å². The van der Waals surface area contributed by atoms with Crippen molar-refractivity contribution in [1.29, 1.82) is 0 Å². The van der Waals surface area contributed by atoms with Crippen molar-refractivity contribution in [3.8, 4) is 0 Å². The van der Waals surface area contributed by atoms with Crippen LogP contribution in [0.5, 0.6) is 0 Å². The minimum absolute atomic E-state index is 0.0775. The summed E-state index contributed by atoms with van der Waals surface area (Å²) in [6, 6.07) is 15.8. The molecule has 0 fully saturated rings. The van der Waals surface area contributed by atoms with Gasteiger partial charge in [-0.1, -0.05) is 42.5 Å². The van der Waals surface area contributed by atoms with E-state index in [-0.39, 0.29) is 12.3 Å². The number of carbonyl (C=O) groups excluding carboxylic acids is 1. The number of hydrogen-bond acceptors (Lipinski definition) is 3. The van der Waals surface area contributed by atoms with Crippen molar-refractivity contribution in [2.45, 2.75) is 19.1 Å². The highest BCUT2D eigenvalue weighted by molar-refractivity contribution is 5.76. The molecule has 0 spiro atoms. The Bertz CT molecular complexity index is 649. The summed E-state index contributed by atoms with van der Waals surface area (Å²) in [6.45, 7) is 2.01. The highest BCUT2D eigenvalue weighted by Gasteiger charge is 2.13. The fourth-order valence-corrected chi connectivity index (χ4v) is 2.44. The van der Waals surface area contributed by atoms with Gasteiger partial charge in [0.15, 0.2) is 0 Å². The molecule has 0 saturated heterocycles. The zero-order chi connectivity index (χ0) is 17.4. The highest BCUT2D eigenvalue weighted by atomic mass is 19.1. The molecule has 2 rings (SSSR count). The molecule has 4 nitrogen and oxygen atoms in total. The topological polar surface area (TPSA) is 52.6 Å². The van der Waals surface area contributed by atoms with Gasteiger partial charge in [-0.2, -0.15) is 0 Å². The maximum absolute atomic E-state index is 13.1. The number of halogens is 1. The van der Waals surface area contributed by atoms with Gasteiger partial charge in [0, 0.05) is 19.6 Å². The van der Waals surface area contributed by atoms with Crippen LogP contribution in [0.15, 0.2) is 54.6 Å². The maximum atomic E-state index is 13.1. The third-order valence-corrected chi connectivity index (χ3v) is 3.72. The molecule has 0 saturated carbocycles.